The van der Waals surface area contributed by atoms with Gasteiger partial charge in [-0.05, 0) is 71.8 Å². The Labute approximate surface area is 286 Å². The van der Waals surface area contributed by atoms with Crippen molar-refractivity contribution >= 4 is 50.7 Å². The summed E-state index contributed by atoms with van der Waals surface area (Å²) >= 11 is 3.38. The first-order chi connectivity index (χ1) is 23.6. The van der Waals surface area contributed by atoms with Crippen LogP contribution in [0.25, 0.3) is 10.2 Å². The molecule has 242 valence electrons. The number of hydrogen-bond donors (Lipinski definition) is 3. The molecule has 1 saturated heterocycles. The van der Waals surface area contributed by atoms with Crippen molar-refractivity contribution in [3.8, 4) is 11.5 Å². The number of carbonyl (C=O) groups excluding carboxylic acids is 1. The highest BCUT2D eigenvalue weighted by atomic mass is 32.2. The molecule has 3 N–H and O–H groups in total. The summed E-state index contributed by atoms with van der Waals surface area (Å²) in [5, 5.41) is 15.3. The van der Waals surface area contributed by atoms with Gasteiger partial charge < -0.3 is 30.0 Å². The summed E-state index contributed by atoms with van der Waals surface area (Å²) < 4.78 is 21.0. The van der Waals surface area contributed by atoms with E-state index >= 15 is 0 Å². The lowest BCUT2D eigenvalue weighted by Gasteiger charge is -2.36. The number of ether oxygens (including phenoxy) is 3. The second-order valence-corrected chi connectivity index (χ2v) is 13.5. The largest absolute Gasteiger partial charge is 0.457 e. The third kappa shape index (κ3) is 8.04. The maximum absolute atomic E-state index is 12.8. The van der Waals surface area contributed by atoms with Crippen LogP contribution in [-0.2, 0) is 16.1 Å². The average Bonchev–Trinajstić information content (AvgIpc) is 3.55. The molecule has 1 aliphatic rings. The normalized spacial score (nSPS) is 17.6. The van der Waals surface area contributed by atoms with Gasteiger partial charge in [0.1, 0.15) is 11.5 Å². The number of aliphatic hydroxyl groups excluding tert-OH is 1. The fourth-order valence-electron chi connectivity index (χ4n) is 5.35. The van der Waals surface area contributed by atoms with E-state index in [-0.39, 0.29) is 24.8 Å². The number of nitrogens with zero attached hydrogens (tertiary/aromatic N) is 1. The van der Waals surface area contributed by atoms with E-state index in [1.807, 2.05) is 97.1 Å². The summed E-state index contributed by atoms with van der Waals surface area (Å²) in [7, 11) is 0. The minimum absolute atomic E-state index is 0.00657. The van der Waals surface area contributed by atoms with Crippen molar-refractivity contribution in [2.24, 2.45) is 0 Å². The lowest BCUT2D eigenvalue weighted by Crippen LogP contribution is -2.31. The minimum atomic E-state index is -0.596. The predicted molar refractivity (Wildman–Crippen MR) is 191 cm³/mol. The van der Waals surface area contributed by atoms with Gasteiger partial charge in [-0.15, -0.1) is 11.3 Å². The smallest absolute Gasteiger partial charge is 0.323 e. The van der Waals surface area contributed by atoms with E-state index in [0.29, 0.717) is 23.5 Å². The molecule has 0 radical (unpaired) electrons. The Morgan fingerprint density at radius 2 is 1.44 bits per heavy atom. The van der Waals surface area contributed by atoms with E-state index in [1.54, 1.807) is 47.4 Å². The molecule has 0 spiro atoms. The van der Waals surface area contributed by atoms with Crippen molar-refractivity contribution in [1.29, 1.82) is 0 Å². The molecule has 2 heterocycles. The summed E-state index contributed by atoms with van der Waals surface area (Å²) in [6.07, 6.45) is -0.185. The molecular weight excluding hydrogens is 643 g/mol. The number of urea groups is 1. The molecule has 0 unspecified atom stereocenters. The van der Waals surface area contributed by atoms with Crippen LogP contribution < -0.4 is 15.4 Å². The Morgan fingerprint density at radius 3 is 2.15 bits per heavy atom. The summed E-state index contributed by atoms with van der Waals surface area (Å²) in [6, 6.07) is 39.9. The summed E-state index contributed by atoms with van der Waals surface area (Å²) in [5.41, 5.74) is 5.01. The molecule has 10 heteroatoms. The lowest BCUT2D eigenvalue weighted by atomic mass is 10.0. The van der Waals surface area contributed by atoms with Crippen molar-refractivity contribution in [2.45, 2.75) is 35.9 Å². The van der Waals surface area contributed by atoms with Crippen LogP contribution in [0, 0.1) is 0 Å². The Balaban J connectivity index is 0.992. The number of aliphatic hydroxyl groups is 1. The van der Waals surface area contributed by atoms with Gasteiger partial charge >= 0.3 is 6.03 Å². The number of benzene rings is 5. The first-order valence-electron chi connectivity index (χ1n) is 15.6. The fraction of sp³-hybridized carbons (Fsp3) is 0.158. The molecule has 0 bridgehead atoms. The number of hydrogen-bond acceptors (Lipinski definition) is 8. The minimum Gasteiger partial charge on any atom is -0.457 e. The first-order valence-corrected chi connectivity index (χ1v) is 17.4. The van der Waals surface area contributed by atoms with Gasteiger partial charge in [0, 0.05) is 29.1 Å². The lowest BCUT2D eigenvalue weighted by molar-refractivity contribution is -0.245. The summed E-state index contributed by atoms with van der Waals surface area (Å²) in [5.74, 6) is 2.15. The van der Waals surface area contributed by atoms with Gasteiger partial charge in [-0.2, -0.15) is 0 Å². The number of thiazole rings is 1. The predicted octanol–water partition coefficient (Wildman–Crippen LogP) is 9.56. The van der Waals surface area contributed by atoms with Crippen molar-refractivity contribution in [3.63, 3.8) is 0 Å². The number of carbonyl (C=O) groups is 1. The number of aromatic nitrogens is 1. The number of anilines is 2. The Bertz CT molecular complexity index is 1920. The van der Waals surface area contributed by atoms with Crippen LogP contribution in [-0.4, -0.2) is 28.0 Å². The van der Waals surface area contributed by atoms with Gasteiger partial charge in [0.2, 0.25) is 0 Å². The van der Waals surface area contributed by atoms with Crippen molar-refractivity contribution in [1.82, 2.24) is 4.98 Å². The monoisotopic (exact) mass is 675 g/mol. The first kappa shape index (κ1) is 31.9. The van der Waals surface area contributed by atoms with Crippen LogP contribution in [0.1, 0.15) is 35.5 Å². The molecule has 2 amide bonds. The average molecular weight is 676 g/mol. The van der Waals surface area contributed by atoms with Crippen LogP contribution in [0.15, 0.2) is 132 Å². The molecular formula is C38H33N3O5S2. The molecule has 3 atom stereocenters. The second-order valence-electron chi connectivity index (χ2n) is 11.2. The molecule has 5 aromatic carbocycles. The number of nitrogens with one attached hydrogen (secondary N) is 2. The third-order valence-corrected chi connectivity index (χ3v) is 10.1. The van der Waals surface area contributed by atoms with Crippen LogP contribution >= 0.6 is 23.1 Å². The van der Waals surface area contributed by atoms with E-state index < -0.39 is 6.29 Å². The third-order valence-electron chi connectivity index (χ3n) is 7.81. The van der Waals surface area contributed by atoms with Gasteiger partial charge in [0.15, 0.2) is 10.6 Å². The van der Waals surface area contributed by atoms with Gasteiger partial charge in [-0.25, -0.2) is 9.78 Å². The maximum Gasteiger partial charge on any atom is 0.323 e. The fourth-order valence-corrected chi connectivity index (χ4v) is 7.46. The zero-order chi connectivity index (χ0) is 32.7. The SMILES string of the molecule is O=C(Nc1ccc(Oc2ccccc2)cc1)Nc1ccc([C@@H]2O[C@H](CSc3nc4ccccc4s3)C[C@H](c3ccc(CO)cc3)O2)cc1. The topological polar surface area (TPSA) is 102 Å². The van der Waals surface area contributed by atoms with Crippen molar-refractivity contribution < 1.29 is 24.1 Å². The highest BCUT2D eigenvalue weighted by Gasteiger charge is 2.32. The molecule has 1 aliphatic heterocycles. The quantitative estimate of drug-likeness (QED) is 0.124. The zero-order valence-electron chi connectivity index (χ0n) is 25.8. The molecule has 0 aliphatic carbocycles. The summed E-state index contributed by atoms with van der Waals surface area (Å²) in [4.78, 5) is 17.5. The highest BCUT2D eigenvalue weighted by Crippen LogP contribution is 2.40. The molecule has 6 aromatic rings. The van der Waals surface area contributed by atoms with E-state index in [1.165, 1.54) is 4.70 Å². The van der Waals surface area contributed by atoms with Crippen LogP contribution in [0.5, 0.6) is 11.5 Å². The second kappa shape index (κ2) is 15.0. The zero-order valence-corrected chi connectivity index (χ0v) is 27.5. The van der Waals surface area contributed by atoms with Gasteiger partial charge in [-0.1, -0.05) is 78.5 Å². The molecule has 7 rings (SSSR count). The van der Waals surface area contributed by atoms with Gasteiger partial charge in [-0.3, -0.25) is 0 Å². The van der Waals surface area contributed by atoms with E-state index in [4.69, 9.17) is 19.2 Å². The maximum atomic E-state index is 12.8. The van der Waals surface area contributed by atoms with Gasteiger partial charge in [0.25, 0.3) is 0 Å². The van der Waals surface area contributed by atoms with Crippen LogP contribution in [0.2, 0.25) is 0 Å². The Morgan fingerprint density at radius 1 is 0.792 bits per heavy atom. The van der Waals surface area contributed by atoms with Crippen LogP contribution in [0.4, 0.5) is 16.2 Å². The molecule has 8 nitrogen and oxygen atoms in total. The van der Waals surface area contributed by atoms with Gasteiger partial charge in [0.05, 0.1) is 29.0 Å². The highest BCUT2D eigenvalue weighted by molar-refractivity contribution is 8.01. The standard InChI is InChI=1S/C38H33N3O5S2/c42-23-25-10-12-26(13-11-25)34-22-32(24-47-38-41-33-8-4-5-9-35(33)48-38)45-36(46-34)27-14-16-28(17-15-27)39-37(43)40-29-18-20-31(21-19-29)44-30-6-2-1-3-7-30/h1-21,32,34,36,42H,22-24H2,(H2,39,40,43)/t32-,34+,36+/m0/s1. The molecule has 1 aromatic heterocycles. The number of thioether (sulfide) groups is 1. The number of fused-ring (bicyclic) bond motifs is 1. The molecule has 0 saturated carbocycles. The number of para-hydroxylation sites is 2. The van der Waals surface area contributed by atoms with Crippen LogP contribution in [0.3, 0.4) is 0 Å². The van der Waals surface area contributed by atoms with E-state index in [2.05, 4.69) is 16.7 Å². The number of rotatable bonds is 10. The summed E-state index contributed by atoms with van der Waals surface area (Å²) in [6.45, 7) is -0.00657. The van der Waals surface area contributed by atoms with E-state index in [0.717, 1.165) is 38.0 Å². The van der Waals surface area contributed by atoms with Crippen molar-refractivity contribution in [2.75, 3.05) is 16.4 Å². The Kier molecular flexibility index (Phi) is 9.97. The van der Waals surface area contributed by atoms with Crippen molar-refractivity contribution in [3.05, 3.63) is 144 Å². The van der Waals surface area contributed by atoms with E-state index in [9.17, 15) is 9.90 Å². The Hall–Kier alpha value is -4.71. The molecule has 48 heavy (non-hydrogen) atoms. The number of amides is 2. The molecule has 1 fully saturated rings.